The average Bonchev–Trinajstić information content (AvgIpc) is 2.76. The van der Waals surface area contributed by atoms with Crippen molar-refractivity contribution in [2.24, 2.45) is 0 Å². The highest BCUT2D eigenvalue weighted by Crippen LogP contribution is 2.22. The molecule has 0 radical (unpaired) electrons. The van der Waals surface area contributed by atoms with Crippen LogP contribution in [-0.2, 0) is 0 Å². The monoisotopic (exact) mass is 332 g/mol. The minimum Gasteiger partial charge on any atom is -0.387 e. The third kappa shape index (κ3) is 3.67. The number of aromatic amines is 1. The van der Waals surface area contributed by atoms with Crippen molar-refractivity contribution >= 4 is 40.7 Å². The summed E-state index contributed by atoms with van der Waals surface area (Å²) < 4.78 is 0. The van der Waals surface area contributed by atoms with Gasteiger partial charge in [-0.05, 0) is 23.8 Å². The number of benzene rings is 1. The zero-order chi connectivity index (χ0) is 14.7. The van der Waals surface area contributed by atoms with Crippen molar-refractivity contribution in [3.8, 4) is 0 Å². The van der Waals surface area contributed by atoms with E-state index in [9.17, 15) is 9.90 Å². The minimum atomic E-state index is -0.822. The Morgan fingerprint density at radius 1 is 1.25 bits per heavy atom. The number of aromatic nitrogens is 1. The Balaban J connectivity index is 1.94. The molecule has 2 aromatic rings. The van der Waals surface area contributed by atoms with E-state index >= 15 is 0 Å². The van der Waals surface area contributed by atoms with Gasteiger partial charge >= 0.3 is 0 Å². The molecule has 0 saturated heterocycles. The molecular formula is C13H11Cl3N2O2. The van der Waals surface area contributed by atoms with E-state index in [2.05, 4.69) is 10.3 Å². The number of carbonyl (C=O) groups excluding carboxylic acids is 1. The molecule has 0 saturated carbocycles. The zero-order valence-electron chi connectivity index (χ0n) is 10.2. The van der Waals surface area contributed by atoms with Crippen LogP contribution in [0.15, 0.2) is 30.3 Å². The van der Waals surface area contributed by atoms with Gasteiger partial charge in [0.2, 0.25) is 0 Å². The van der Waals surface area contributed by atoms with Gasteiger partial charge in [-0.1, -0.05) is 46.9 Å². The van der Waals surface area contributed by atoms with Gasteiger partial charge in [0.25, 0.3) is 5.91 Å². The van der Waals surface area contributed by atoms with Crippen LogP contribution in [0.3, 0.4) is 0 Å². The van der Waals surface area contributed by atoms with Crippen molar-refractivity contribution in [3.63, 3.8) is 0 Å². The largest absolute Gasteiger partial charge is 0.387 e. The van der Waals surface area contributed by atoms with Gasteiger partial charge < -0.3 is 15.4 Å². The Hall–Kier alpha value is -1.20. The van der Waals surface area contributed by atoms with Crippen molar-refractivity contribution in [2.75, 3.05) is 6.54 Å². The summed E-state index contributed by atoms with van der Waals surface area (Å²) in [6.07, 6.45) is -0.822. The highest BCUT2D eigenvalue weighted by Gasteiger charge is 2.14. The molecule has 7 heteroatoms. The molecule has 20 heavy (non-hydrogen) atoms. The Morgan fingerprint density at radius 3 is 2.45 bits per heavy atom. The van der Waals surface area contributed by atoms with Gasteiger partial charge in [-0.2, -0.15) is 0 Å². The van der Waals surface area contributed by atoms with Crippen LogP contribution in [-0.4, -0.2) is 22.5 Å². The molecule has 0 fully saturated rings. The zero-order valence-corrected chi connectivity index (χ0v) is 12.4. The number of aliphatic hydroxyl groups is 1. The maximum atomic E-state index is 11.8. The number of hydrogen-bond donors (Lipinski definition) is 3. The Labute approximate surface area is 130 Å². The quantitative estimate of drug-likeness (QED) is 0.802. The molecule has 0 bridgehead atoms. The maximum absolute atomic E-state index is 11.8. The van der Waals surface area contributed by atoms with Crippen LogP contribution in [0.1, 0.15) is 22.2 Å². The Morgan fingerprint density at radius 2 is 1.90 bits per heavy atom. The van der Waals surface area contributed by atoms with Crippen molar-refractivity contribution in [3.05, 3.63) is 56.8 Å². The van der Waals surface area contributed by atoms with Gasteiger partial charge in [0.05, 0.1) is 11.1 Å². The SMILES string of the molecule is O=C(NCC(O)c1ccc(Cl)cc1)c1cc(Cl)c(Cl)[nH]1. The molecule has 1 aromatic heterocycles. The third-order valence-corrected chi connectivity index (χ3v) is 3.63. The number of carbonyl (C=O) groups is 1. The molecule has 1 amide bonds. The standard InChI is InChI=1S/C13H11Cl3N2O2/c14-8-3-1-7(2-4-8)11(19)6-17-13(20)10-5-9(15)12(16)18-10/h1-5,11,18-19H,6H2,(H,17,20). The molecule has 0 aliphatic carbocycles. The number of hydrogen-bond acceptors (Lipinski definition) is 2. The lowest BCUT2D eigenvalue weighted by Crippen LogP contribution is -2.28. The minimum absolute atomic E-state index is 0.0642. The second-order valence-corrected chi connectivity index (χ2v) is 5.34. The van der Waals surface area contributed by atoms with E-state index in [1.54, 1.807) is 24.3 Å². The lowest BCUT2D eigenvalue weighted by molar-refractivity contribution is 0.0912. The normalized spacial score (nSPS) is 12.2. The number of aliphatic hydroxyl groups excluding tert-OH is 1. The van der Waals surface area contributed by atoms with E-state index in [4.69, 9.17) is 34.8 Å². The first-order valence-corrected chi connectivity index (χ1v) is 6.86. The molecule has 106 valence electrons. The van der Waals surface area contributed by atoms with Gasteiger partial charge in [0.1, 0.15) is 10.8 Å². The van der Waals surface area contributed by atoms with Crippen LogP contribution in [0.25, 0.3) is 0 Å². The van der Waals surface area contributed by atoms with Crippen LogP contribution in [0.2, 0.25) is 15.2 Å². The summed E-state index contributed by atoms with van der Waals surface area (Å²) in [7, 11) is 0. The highest BCUT2D eigenvalue weighted by molar-refractivity contribution is 6.41. The third-order valence-electron chi connectivity index (χ3n) is 2.68. The second-order valence-electron chi connectivity index (χ2n) is 4.12. The predicted molar refractivity (Wildman–Crippen MR) is 79.6 cm³/mol. The van der Waals surface area contributed by atoms with E-state index in [1.165, 1.54) is 6.07 Å². The molecule has 2 rings (SSSR count). The van der Waals surface area contributed by atoms with E-state index < -0.39 is 12.0 Å². The van der Waals surface area contributed by atoms with Crippen molar-refractivity contribution < 1.29 is 9.90 Å². The predicted octanol–water partition coefficient (Wildman–Crippen LogP) is 3.44. The number of amides is 1. The fourth-order valence-corrected chi connectivity index (χ4v) is 2.05. The van der Waals surface area contributed by atoms with Gasteiger partial charge in [-0.3, -0.25) is 4.79 Å². The number of H-pyrrole nitrogens is 1. The number of rotatable bonds is 4. The summed E-state index contributed by atoms with van der Waals surface area (Å²) in [6.45, 7) is 0.0642. The smallest absolute Gasteiger partial charge is 0.267 e. The van der Waals surface area contributed by atoms with Crippen LogP contribution in [0, 0.1) is 0 Å². The Kier molecular flexibility index (Phi) is 4.94. The lowest BCUT2D eigenvalue weighted by Gasteiger charge is -2.11. The molecule has 0 aliphatic heterocycles. The fraction of sp³-hybridized carbons (Fsp3) is 0.154. The molecule has 0 spiro atoms. The summed E-state index contributed by atoms with van der Waals surface area (Å²) in [4.78, 5) is 14.4. The van der Waals surface area contributed by atoms with Gasteiger partial charge in [-0.15, -0.1) is 0 Å². The molecule has 1 atom stereocenters. The number of nitrogens with one attached hydrogen (secondary N) is 2. The second kappa shape index (κ2) is 6.50. The van der Waals surface area contributed by atoms with Crippen molar-refractivity contribution in [1.29, 1.82) is 0 Å². The molecule has 1 heterocycles. The van der Waals surface area contributed by atoms with Crippen molar-refractivity contribution in [2.45, 2.75) is 6.10 Å². The van der Waals surface area contributed by atoms with Gasteiger partial charge in [-0.25, -0.2) is 0 Å². The van der Waals surface area contributed by atoms with Crippen LogP contribution in [0.5, 0.6) is 0 Å². The topological polar surface area (TPSA) is 65.1 Å². The first kappa shape index (κ1) is 15.2. The molecule has 4 nitrogen and oxygen atoms in total. The molecule has 3 N–H and O–H groups in total. The summed E-state index contributed by atoms with van der Waals surface area (Å²) >= 11 is 17.2. The van der Waals surface area contributed by atoms with E-state index in [1.807, 2.05) is 0 Å². The summed E-state index contributed by atoms with van der Waals surface area (Å²) in [5, 5.41) is 13.6. The van der Waals surface area contributed by atoms with Gasteiger partial charge in [0, 0.05) is 11.6 Å². The maximum Gasteiger partial charge on any atom is 0.267 e. The van der Waals surface area contributed by atoms with E-state index in [-0.39, 0.29) is 22.4 Å². The molecule has 1 aromatic carbocycles. The first-order valence-electron chi connectivity index (χ1n) is 5.73. The molecule has 1 unspecified atom stereocenters. The summed E-state index contributed by atoms with van der Waals surface area (Å²) in [5.74, 6) is -0.396. The summed E-state index contributed by atoms with van der Waals surface area (Å²) in [5.41, 5.74) is 0.903. The first-order chi connectivity index (χ1) is 9.47. The van der Waals surface area contributed by atoms with Crippen LogP contribution < -0.4 is 5.32 Å². The van der Waals surface area contributed by atoms with E-state index in [0.29, 0.717) is 10.6 Å². The van der Waals surface area contributed by atoms with E-state index in [0.717, 1.165) is 0 Å². The van der Waals surface area contributed by atoms with Crippen LogP contribution in [0.4, 0.5) is 0 Å². The number of halogens is 3. The average molecular weight is 334 g/mol. The summed E-state index contributed by atoms with van der Waals surface area (Å²) in [6, 6.07) is 8.16. The fourth-order valence-electron chi connectivity index (χ4n) is 1.61. The Bertz CT molecular complexity index is 591. The van der Waals surface area contributed by atoms with Crippen molar-refractivity contribution in [1.82, 2.24) is 10.3 Å². The van der Waals surface area contributed by atoms with Crippen LogP contribution >= 0.6 is 34.8 Å². The lowest BCUT2D eigenvalue weighted by atomic mass is 10.1. The van der Waals surface area contributed by atoms with Gasteiger partial charge in [0.15, 0.2) is 0 Å². The highest BCUT2D eigenvalue weighted by atomic mass is 35.5. The molecule has 0 aliphatic rings. The molecular weight excluding hydrogens is 323 g/mol.